The van der Waals surface area contributed by atoms with Gasteiger partial charge in [-0.2, -0.15) is 0 Å². The van der Waals surface area contributed by atoms with Gasteiger partial charge in [-0.15, -0.1) is 0 Å². The van der Waals surface area contributed by atoms with Gasteiger partial charge in [0.15, 0.2) is 6.39 Å². The van der Waals surface area contributed by atoms with Gasteiger partial charge in [-0.25, -0.2) is 4.98 Å². The number of nitrogens with zero attached hydrogens (tertiary/aromatic N) is 1. The van der Waals surface area contributed by atoms with Crippen LogP contribution in [0.25, 0.3) is 0 Å². The normalized spacial score (nSPS) is 17.8. The maximum absolute atomic E-state index is 5.56. The van der Waals surface area contributed by atoms with E-state index in [9.17, 15) is 0 Å². The summed E-state index contributed by atoms with van der Waals surface area (Å²) >= 11 is 0. The molecule has 0 bridgehead atoms. The molecule has 0 amide bonds. The number of rotatable bonds is 4. The summed E-state index contributed by atoms with van der Waals surface area (Å²) in [5, 5.41) is 0. The van der Waals surface area contributed by atoms with Crippen molar-refractivity contribution in [2.45, 2.75) is 45.1 Å². The fourth-order valence-electron chi connectivity index (χ4n) is 2.30. The highest BCUT2D eigenvalue weighted by Gasteiger charge is 2.16. The monoisotopic (exact) mass is 194 g/mol. The molecule has 78 valence electrons. The number of oxazole rings is 1. The van der Waals surface area contributed by atoms with Crippen molar-refractivity contribution in [3.8, 4) is 0 Å². The third kappa shape index (κ3) is 2.15. The molecule has 1 aliphatic rings. The van der Waals surface area contributed by atoms with Crippen molar-refractivity contribution >= 4 is 0 Å². The van der Waals surface area contributed by atoms with Crippen LogP contribution < -0.4 is 5.73 Å². The number of hydrogen-bond acceptors (Lipinski definition) is 3. The van der Waals surface area contributed by atoms with E-state index in [-0.39, 0.29) is 0 Å². The maximum atomic E-state index is 5.56. The van der Waals surface area contributed by atoms with Gasteiger partial charge in [0.25, 0.3) is 0 Å². The van der Waals surface area contributed by atoms with Crippen LogP contribution >= 0.6 is 0 Å². The lowest BCUT2D eigenvalue weighted by Crippen LogP contribution is -2.02. The van der Waals surface area contributed by atoms with Crippen LogP contribution in [-0.2, 0) is 13.0 Å². The van der Waals surface area contributed by atoms with Crippen molar-refractivity contribution < 1.29 is 4.42 Å². The fraction of sp³-hybridized carbons (Fsp3) is 0.727. The first kappa shape index (κ1) is 9.71. The molecular formula is C11H18N2O. The van der Waals surface area contributed by atoms with Gasteiger partial charge in [0.05, 0.1) is 5.69 Å². The summed E-state index contributed by atoms with van der Waals surface area (Å²) in [6.07, 6.45) is 9.36. The second-order valence-corrected chi connectivity index (χ2v) is 4.12. The van der Waals surface area contributed by atoms with Gasteiger partial charge < -0.3 is 10.2 Å². The molecule has 2 N–H and O–H groups in total. The Morgan fingerprint density at radius 1 is 1.43 bits per heavy atom. The molecule has 1 saturated carbocycles. The Balaban J connectivity index is 1.84. The van der Waals surface area contributed by atoms with Crippen LogP contribution in [0.2, 0.25) is 0 Å². The minimum atomic E-state index is 0.497. The van der Waals surface area contributed by atoms with Crippen molar-refractivity contribution in [1.82, 2.24) is 4.98 Å². The lowest BCUT2D eigenvalue weighted by Gasteiger charge is -2.06. The Bertz CT molecular complexity index is 277. The van der Waals surface area contributed by atoms with Crippen LogP contribution in [0.1, 0.15) is 43.6 Å². The Morgan fingerprint density at radius 3 is 2.93 bits per heavy atom. The highest BCUT2D eigenvalue weighted by atomic mass is 16.3. The second kappa shape index (κ2) is 4.60. The topological polar surface area (TPSA) is 52.0 Å². The summed E-state index contributed by atoms with van der Waals surface area (Å²) in [6.45, 7) is 0.497. The van der Waals surface area contributed by atoms with Crippen molar-refractivity contribution in [3.63, 3.8) is 0 Å². The van der Waals surface area contributed by atoms with Crippen LogP contribution in [0, 0.1) is 5.92 Å². The molecule has 1 aromatic rings. The zero-order chi connectivity index (χ0) is 9.80. The standard InChI is InChI=1S/C11H18N2O/c12-7-10-11(14-8-13-10)6-5-9-3-1-2-4-9/h8-9H,1-7,12H2. The molecule has 1 fully saturated rings. The molecule has 0 spiro atoms. The van der Waals surface area contributed by atoms with Crippen molar-refractivity contribution in [2.75, 3.05) is 0 Å². The Labute approximate surface area is 84.7 Å². The highest BCUT2D eigenvalue weighted by Crippen LogP contribution is 2.28. The smallest absolute Gasteiger partial charge is 0.181 e. The molecule has 0 unspecified atom stereocenters. The van der Waals surface area contributed by atoms with E-state index in [1.807, 2.05) is 0 Å². The zero-order valence-electron chi connectivity index (χ0n) is 8.54. The molecule has 0 atom stereocenters. The van der Waals surface area contributed by atoms with E-state index in [1.54, 1.807) is 0 Å². The summed E-state index contributed by atoms with van der Waals surface area (Å²) in [4.78, 5) is 4.09. The molecule has 14 heavy (non-hydrogen) atoms. The Kier molecular flexibility index (Phi) is 3.19. The van der Waals surface area contributed by atoms with Gasteiger partial charge >= 0.3 is 0 Å². The Morgan fingerprint density at radius 2 is 2.21 bits per heavy atom. The molecule has 0 aliphatic heterocycles. The summed E-state index contributed by atoms with van der Waals surface area (Å²) in [5.41, 5.74) is 6.49. The second-order valence-electron chi connectivity index (χ2n) is 4.12. The zero-order valence-corrected chi connectivity index (χ0v) is 8.54. The van der Waals surface area contributed by atoms with E-state index in [4.69, 9.17) is 10.2 Å². The average molecular weight is 194 g/mol. The number of aromatic nitrogens is 1. The van der Waals surface area contributed by atoms with E-state index in [2.05, 4.69) is 4.98 Å². The van der Waals surface area contributed by atoms with E-state index < -0.39 is 0 Å². The van der Waals surface area contributed by atoms with Crippen LogP contribution in [0.3, 0.4) is 0 Å². The van der Waals surface area contributed by atoms with E-state index in [1.165, 1.54) is 38.5 Å². The van der Waals surface area contributed by atoms with Crippen molar-refractivity contribution in [2.24, 2.45) is 11.7 Å². The molecule has 3 heteroatoms. The largest absolute Gasteiger partial charge is 0.448 e. The van der Waals surface area contributed by atoms with E-state index in [0.717, 1.165) is 23.8 Å². The summed E-state index contributed by atoms with van der Waals surface area (Å²) in [7, 11) is 0. The maximum Gasteiger partial charge on any atom is 0.181 e. The fourth-order valence-corrected chi connectivity index (χ4v) is 2.30. The average Bonchev–Trinajstić information content (AvgIpc) is 2.85. The van der Waals surface area contributed by atoms with Gasteiger partial charge in [0.1, 0.15) is 5.76 Å². The number of hydrogen-bond donors (Lipinski definition) is 1. The van der Waals surface area contributed by atoms with Gasteiger partial charge in [-0.3, -0.25) is 0 Å². The van der Waals surface area contributed by atoms with Gasteiger partial charge in [0.2, 0.25) is 0 Å². The Hall–Kier alpha value is -0.830. The SMILES string of the molecule is NCc1ncoc1CCC1CCCC1. The predicted octanol–water partition coefficient (Wildman–Crippen LogP) is 2.26. The molecule has 1 aromatic heterocycles. The highest BCUT2D eigenvalue weighted by molar-refractivity contribution is 5.06. The van der Waals surface area contributed by atoms with Gasteiger partial charge in [-0.05, 0) is 12.3 Å². The number of aryl methyl sites for hydroxylation is 1. The summed E-state index contributed by atoms with van der Waals surface area (Å²) in [5.74, 6) is 1.91. The van der Waals surface area contributed by atoms with E-state index in [0.29, 0.717) is 6.54 Å². The minimum absolute atomic E-state index is 0.497. The molecule has 1 heterocycles. The first-order valence-electron chi connectivity index (χ1n) is 5.51. The molecule has 1 aliphatic carbocycles. The molecule has 3 nitrogen and oxygen atoms in total. The molecule has 0 radical (unpaired) electrons. The van der Waals surface area contributed by atoms with Crippen LogP contribution in [0.15, 0.2) is 10.8 Å². The molecular weight excluding hydrogens is 176 g/mol. The van der Waals surface area contributed by atoms with Crippen molar-refractivity contribution in [1.29, 1.82) is 0 Å². The van der Waals surface area contributed by atoms with Crippen molar-refractivity contribution in [3.05, 3.63) is 17.8 Å². The van der Waals surface area contributed by atoms with E-state index >= 15 is 0 Å². The third-order valence-electron chi connectivity index (χ3n) is 3.17. The summed E-state index contributed by atoms with van der Waals surface area (Å²) < 4.78 is 5.32. The minimum Gasteiger partial charge on any atom is -0.448 e. The van der Waals surface area contributed by atoms with Gasteiger partial charge in [-0.1, -0.05) is 25.7 Å². The lowest BCUT2D eigenvalue weighted by molar-refractivity contribution is 0.444. The quantitative estimate of drug-likeness (QED) is 0.799. The first-order chi connectivity index (χ1) is 6.90. The third-order valence-corrected chi connectivity index (χ3v) is 3.17. The predicted molar refractivity (Wildman–Crippen MR) is 54.7 cm³/mol. The lowest BCUT2D eigenvalue weighted by atomic mass is 10.0. The van der Waals surface area contributed by atoms with Crippen LogP contribution in [0.4, 0.5) is 0 Å². The van der Waals surface area contributed by atoms with Crippen LogP contribution in [-0.4, -0.2) is 4.98 Å². The van der Waals surface area contributed by atoms with Gasteiger partial charge in [0, 0.05) is 13.0 Å². The summed E-state index contributed by atoms with van der Waals surface area (Å²) in [6, 6.07) is 0. The molecule has 0 aromatic carbocycles. The molecule has 0 saturated heterocycles. The molecule has 2 rings (SSSR count). The van der Waals surface area contributed by atoms with Crippen LogP contribution in [0.5, 0.6) is 0 Å². The first-order valence-corrected chi connectivity index (χ1v) is 5.51. The number of nitrogens with two attached hydrogens (primary N) is 1.